The van der Waals surface area contributed by atoms with Gasteiger partial charge in [-0.25, -0.2) is 4.58 Å². The summed E-state index contributed by atoms with van der Waals surface area (Å²) in [5, 5.41) is 1.45. The molecule has 3 aromatic rings. The summed E-state index contributed by atoms with van der Waals surface area (Å²) in [6.45, 7) is 10.3. The van der Waals surface area contributed by atoms with Gasteiger partial charge in [-0.2, -0.15) is 0 Å². The average molecular weight is 510 g/mol. The van der Waals surface area contributed by atoms with Crippen molar-refractivity contribution in [1.29, 1.82) is 0 Å². The number of hydrogen-bond acceptors (Lipinski definition) is 2. The summed E-state index contributed by atoms with van der Waals surface area (Å²) in [6, 6.07) is 31.4. The molecule has 5 rings (SSSR count). The van der Waals surface area contributed by atoms with Gasteiger partial charge in [-0.1, -0.05) is 111 Å². The van der Waals surface area contributed by atoms with Crippen LogP contribution in [0, 0.1) is 5.92 Å². The Labute approximate surface area is 228 Å². The normalized spacial score (nSPS) is 17.7. The molecule has 2 heterocycles. The Morgan fingerprint density at radius 3 is 2.14 bits per heavy atom. The van der Waals surface area contributed by atoms with Gasteiger partial charge in [0.2, 0.25) is 5.04 Å². The minimum absolute atomic E-state index is 0.117. The van der Waals surface area contributed by atoms with Crippen LogP contribution in [0.3, 0.4) is 0 Å². The number of hydrogen-bond donors (Lipinski definition) is 0. The third-order valence-electron chi connectivity index (χ3n) is 7.80. The highest BCUT2D eigenvalue weighted by atomic mass is 32.2. The molecule has 0 bridgehead atoms. The highest BCUT2D eigenvalue weighted by Gasteiger charge is 2.47. The van der Waals surface area contributed by atoms with E-state index in [2.05, 4.69) is 121 Å². The van der Waals surface area contributed by atoms with Crippen LogP contribution in [-0.2, 0) is 18.3 Å². The van der Waals surface area contributed by atoms with Gasteiger partial charge in [0.15, 0.2) is 6.54 Å². The average Bonchev–Trinajstić information content (AvgIpc) is 3.46. The SMILES string of the molecule is CCCN1/C(=C/C2=[N+](CCC(C)C)CCS2)C(Cc2ccccc2)(Cc2ccccc2)c2ccccc21. The number of rotatable bonds is 10. The van der Waals surface area contributed by atoms with Crippen LogP contribution in [0.25, 0.3) is 0 Å². The molecular weight excluding hydrogens is 468 g/mol. The van der Waals surface area contributed by atoms with Crippen LogP contribution >= 0.6 is 11.8 Å². The van der Waals surface area contributed by atoms with Crippen LogP contribution in [0.5, 0.6) is 0 Å². The van der Waals surface area contributed by atoms with E-state index in [1.54, 1.807) is 0 Å². The Bertz CT molecular complexity index is 1200. The fraction of sp³-hybridized carbons (Fsp3) is 0.382. The van der Waals surface area contributed by atoms with Crippen LogP contribution in [-0.4, -0.2) is 35.0 Å². The van der Waals surface area contributed by atoms with E-state index in [0.29, 0.717) is 0 Å². The molecule has 0 aromatic heterocycles. The van der Waals surface area contributed by atoms with Gasteiger partial charge in [-0.05, 0) is 47.9 Å². The van der Waals surface area contributed by atoms with Crippen LogP contribution in [0.4, 0.5) is 5.69 Å². The first-order valence-corrected chi connectivity index (χ1v) is 15.0. The lowest BCUT2D eigenvalue weighted by Crippen LogP contribution is -2.36. The first-order chi connectivity index (χ1) is 18.1. The second-order valence-electron chi connectivity index (χ2n) is 11.0. The molecule has 0 atom stereocenters. The van der Waals surface area contributed by atoms with Crippen molar-refractivity contribution < 1.29 is 4.58 Å². The third kappa shape index (κ3) is 5.57. The van der Waals surface area contributed by atoms with Crippen LogP contribution < -0.4 is 4.90 Å². The minimum Gasteiger partial charge on any atom is -0.344 e. The standard InChI is InChI=1S/C34H41N2S/c1-4-20-36-31-18-12-11-17-30(31)34(25-28-13-7-5-8-14-28,26-29-15-9-6-10-16-29)32(36)24-33-35(22-23-37-33)21-19-27(2)3/h5-18,24,27H,4,19-23,25-26H2,1-3H3/q+1. The summed E-state index contributed by atoms with van der Waals surface area (Å²) in [6.07, 6.45) is 6.94. The molecule has 2 aliphatic heterocycles. The molecule has 0 saturated heterocycles. The lowest BCUT2D eigenvalue weighted by molar-refractivity contribution is -0.518. The maximum Gasteiger partial charge on any atom is 0.236 e. The van der Waals surface area contributed by atoms with Crippen molar-refractivity contribution in [1.82, 2.24) is 0 Å². The number of nitrogens with zero attached hydrogens (tertiary/aromatic N) is 2. The first kappa shape index (κ1) is 25.9. The van der Waals surface area contributed by atoms with E-state index in [1.165, 1.54) is 45.3 Å². The van der Waals surface area contributed by atoms with Crippen molar-refractivity contribution >= 4 is 22.5 Å². The molecule has 0 fully saturated rings. The molecule has 0 spiro atoms. The summed E-state index contributed by atoms with van der Waals surface area (Å²) in [7, 11) is 0. The van der Waals surface area contributed by atoms with E-state index in [0.717, 1.165) is 44.8 Å². The number of para-hydroxylation sites is 1. The van der Waals surface area contributed by atoms with Crippen molar-refractivity contribution in [2.45, 2.75) is 51.9 Å². The van der Waals surface area contributed by atoms with Gasteiger partial charge in [0.05, 0.1) is 5.75 Å². The molecule has 0 saturated carbocycles. The molecule has 2 aliphatic rings. The van der Waals surface area contributed by atoms with E-state index in [1.807, 2.05) is 11.8 Å². The van der Waals surface area contributed by atoms with Gasteiger partial charge in [0.25, 0.3) is 0 Å². The second-order valence-corrected chi connectivity index (χ2v) is 12.1. The predicted octanol–water partition coefficient (Wildman–Crippen LogP) is 7.73. The van der Waals surface area contributed by atoms with Gasteiger partial charge in [-0.3, -0.25) is 0 Å². The maximum absolute atomic E-state index is 2.65. The van der Waals surface area contributed by atoms with Gasteiger partial charge < -0.3 is 4.90 Å². The fourth-order valence-corrected chi connectivity index (χ4v) is 7.07. The number of thioether (sulfide) groups is 1. The second kappa shape index (κ2) is 11.7. The topological polar surface area (TPSA) is 6.25 Å². The summed E-state index contributed by atoms with van der Waals surface area (Å²) >= 11 is 2.04. The van der Waals surface area contributed by atoms with Gasteiger partial charge in [-0.15, -0.1) is 0 Å². The Morgan fingerprint density at radius 1 is 0.892 bits per heavy atom. The van der Waals surface area contributed by atoms with Crippen LogP contribution in [0.2, 0.25) is 0 Å². The number of fused-ring (bicyclic) bond motifs is 1. The Balaban J connectivity index is 1.71. The van der Waals surface area contributed by atoms with Crippen LogP contribution in [0.1, 0.15) is 50.3 Å². The Hall–Kier alpha value is -2.78. The minimum atomic E-state index is -0.117. The van der Waals surface area contributed by atoms with E-state index < -0.39 is 0 Å². The zero-order valence-electron chi connectivity index (χ0n) is 22.7. The molecule has 0 aliphatic carbocycles. The largest absolute Gasteiger partial charge is 0.344 e. The van der Waals surface area contributed by atoms with E-state index >= 15 is 0 Å². The molecule has 192 valence electrons. The number of anilines is 1. The smallest absolute Gasteiger partial charge is 0.236 e. The van der Waals surface area contributed by atoms with Crippen molar-refractivity contribution in [3.8, 4) is 0 Å². The van der Waals surface area contributed by atoms with Gasteiger partial charge in [0, 0.05) is 35.8 Å². The summed E-state index contributed by atoms with van der Waals surface area (Å²) in [4.78, 5) is 2.65. The quantitative estimate of drug-likeness (QED) is 0.258. The molecule has 0 amide bonds. The zero-order chi connectivity index (χ0) is 25.7. The molecule has 0 unspecified atom stereocenters. The van der Waals surface area contributed by atoms with Crippen molar-refractivity contribution in [2.75, 3.05) is 30.3 Å². The van der Waals surface area contributed by atoms with Crippen molar-refractivity contribution in [3.63, 3.8) is 0 Å². The zero-order valence-corrected chi connectivity index (χ0v) is 23.5. The summed E-state index contributed by atoms with van der Waals surface area (Å²) in [5.41, 5.74) is 7.02. The molecule has 0 N–H and O–H groups in total. The molecule has 0 radical (unpaired) electrons. The van der Waals surface area contributed by atoms with Crippen molar-refractivity contribution in [2.24, 2.45) is 5.92 Å². The fourth-order valence-electron chi connectivity index (χ4n) is 5.99. The van der Waals surface area contributed by atoms with E-state index in [9.17, 15) is 0 Å². The molecular formula is C34H41N2S+. The number of allylic oxidation sites excluding steroid dienone is 1. The molecule has 37 heavy (non-hydrogen) atoms. The summed E-state index contributed by atoms with van der Waals surface area (Å²) < 4.78 is 2.64. The van der Waals surface area contributed by atoms with Crippen LogP contribution in [0.15, 0.2) is 96.7 Å². The lowest BCUT2D eigenvalue weighted by Gasteiger charge is -2.34. The van der Waals surface area contributed by atoms with E-state index in [4.69, 9.17) is 0 Å². The van der Waals surface area contributed by atoms with Crippen molar-refractivity contribution in [3.05, 3.63) is 113 Å². The van der Waals surface area contributed by atoms with E-state index in [-0.39, 0.29) is 5.41 Å². The molecule has 3 heteroatoms. The highest BCUT2D eigenvalue weighted by Crippen LogP contribution is 2.52. The predicted molar refractivity (Wildman–Crippen MR) is 161 cm³/mol. The molecule has 2 nitrogen and oxygen atoms in total. The Kier molecular flexibility index (Phi) is 8.20. The van der Waals surface area contributed by atoms with Gasteiger partial charge >= 0.3 is 0 Å². The number of benzene rings is 3. The van der Waals surface area contributed by atoms with Gasteiger partial charge in [0.1, 0.15) is 6.54 Å². The maximum atomic E-state index is 2.65. The summed E-state index contributed by atoms with van der Waals surface area (Å²) in [5.74, 6) is 1.91. The monoisotopic (exact) mass is 509 g/mol. The third-order valence-corrected chi connectivity index (χ3v) is 8.85. The Morgan fingerprint density at radius 2 is 1.51 bits per heavy atom. The molecule has 3 aromatic carbocycles. The lowest BCUT2D eigenvalue weighted by atomic mass is 9.70. The first-order valence-electron chi connectivity index (χ1n) is 14.0. The highest BCUT2D eigenvalue weighted by molar-refractivity contribution is 8.14.